The van der Waals surface area contributed by atoms with Gasteiger partial charge in [-0.25, -0.2) is 0 Å². The van der Waals surface area contributed by atoms with Crippen LogP contribution < -0.4 is 0 Å². The third kappa shape index (κ3) is 3.38. The zero-order chi connectivity index (χ0) is 13.3. The molecule has 1 aliphatic carbocycles. The Morgan fingerprint density at radius 3 is 2.94 bits per heavy atom. The van der Waals surface area contributed by atoms with Crippen molar-refractivity contribution in [2.75, 3.05) is 12.3 Å². The van der Waals surface area contributed by atoms with Crippen molar-refractivity contribution >= 4 is 39.4 Å². The predicted octanol–water partition coefficient (Wildman–Crippen LogP) is 2.08. The van der Waals surface area contributed by atoms with Crippen molar-refractivity contribution in [3.05, 3.63) is 23.3 Å². The van der Waals surface area contributed by atoms with Gasteiger partial charge in [-0.3, -0.25) is 4.55 Å². The molecule has 7 heteroatoms. The Bertz CT molecular complexity index is 536. The molecule has 0 saturated heterocycles. The second-order valence-corrected chi connectivity index (χ2v) is 7.59. The molecule has 0 fully saturated rings. The first kappa shape index (κ1) is 14.1. The quantitative estimate of drug-likeness (QED) is 0.491. The topological polar surface area (TPSA) is 57.4 Å². The molecule has 1 aliphatic heterocycles. The summed E-state index contributed by atoms with van der Waals surface area (Å²) < 4.78 is 32.1. The van der Waals surface area contributed by atoms with Crippen molar-refractivity contribution in [1.29, 1.82) is 0 Å². The van der Waals surface area contributed by atoms with E-state index in [2.05, 4.69) is 10.1 Å². The zero-order valence-electron chi connectivity index (χ0n) is 9.91. The molecule has 0 spiro atoms. The first-order chi connectivity index (χ1) is 8.37. The van der Waals surface area contributed by atoms with Crippen LogP contribution in [0.4, 0.5) is 0 Å². The molecule has 0 bridgehead atoms. The summed E-state index contributed by atoms with van der Waals surface area (Å²) in [6.07, 6.45) is 6.41. The van der Waals surface area contributed by atoms with Crippen molar-refractivity contribution in [2.45, 2.75) is 18.6 Å². The number of hydrogen-bond acceptors (Lipinski definition) is 3. The van der Waals surface area contributed by atoms with Gasteiger partial charge in [-0.1, -0.05) is 23.8 Å². The van der Waals surface area contributed by atoms with Crippen LogP contribution in [0.15, 0.2) is 23.3 Å². The highest BCUT2D eigenvalue weighted by molar-refractivity contribution is 7.94. The summed E-state index contributed by atoms with van der Waals surface area (Å²) in [5, 5.41) is 1.09. The minimum atomic E-state index is -3.86. The van der Waals surface area contributed by atoms with E-state index in [4.69, 9.17) is 16.2 Å². The third-order valence-corrected chi connectivity index (χ3v) is 5.50. The molecular formula is C11H15ClNO3S2+. The van der Waals surface area contributed by atoms with Gasteiger partial charge in [0.1, 0.15) is 5.25 Å². The summed E-state index contributed by atoms with van der Waals surface area (Å²) in [4.78, 5) is 0. The maximum Gasteiger partial charge on any atom is 0.265 e. The van der Waals surface area contributed by atoms with E-state index in [-0.39, 0.29) is 5.75 Å². The lowest BCUT2D eigenvalue weighted by molar-refractivity contribution is -0.346. The van der Waals surface area contributed by atoms with Gasteiger partial charge in [-0.15, -0.1) is 0 Å². The van der Waals surface area contributed by atoms with E-state index in [1.54, 1.807) is 11.9 Å². The maximum absolute atomic E-state index is 10.7. The fourth-order valence-corrected chi connectivity index (χ4v) is 4.18. The molecule has 2 unspecified atom stereocenters. The molecule has 0 saturated carbocycles. The highest BCUT2D eigenvalue weighted by Gasteiger charge is 2.39. The Morgan fingerprint density at radius 1 is 1.56 bits per heavy atom. The van der Waals surface area contributed by atoms with E-state index >= 15 is 0 Å². The SMILES string of the molecule is CC1=[N+](CCCS(=O)(=O)O)SC2C=CC(Cl)=CC12. The van der Waals surface area contributed by atoms with Crippen molar-refractivity contribution in [2.24, 2.45) is 5.92 Å². The lowest BCUT2D eigenvalue weighted by atomic mass is 9.96. The minimum absolute atomic E-state index is 0.195. The van der Waals surface area contributed by atoms with Crippen LogP contribution in [0, 0.1) is 5.92 Å². The van der Waals surface area contributed by atoms with Crippen LogP contribution in [0.25, 0.3) is 0 Å². The van der Waals surface area contributed by atoms with Crippen molar-refractivity contribution < 1.29 is 17.0 Å². The van der Waals surface area contributed by atoms with Crippen LogP contribution in [-0.2, 0) is 10.1 Å². The highest BCUT2D eigenvalue weighted by atomic mass is 35.5. The lowest BCUT2D eigenvalue weighted by Crippen LogP contribution is -2.19. The van der Waals surface area contributed by atoms with Crippen LogP contribution in [0.1, 0.15) is 13.3 Å². The molecule has 0 aromatic heterocycles. The number of nitrogens with zero attached hydrogens (tertiary/aromatic N) is 1. The lowest BCUT2D eigenvalue weighted by Gasteiger charge is -2.10. The Hall–Kier alpha value is -0.300. The van der Waals surface area contributed by atoms with E-state index in [1.807, 2.05) is 19.1 Å². The van der Waals surface area contributed by atoms with Gasteiger partial charge >= 0.3 is 0 Å². The van der Waals surface area contributed by atoms with Crippen LogP contribution in [0.2, 0.25) is 0 Å². The van der Waals surface area contributed by atoms with Gasteiger partial charge in [0.15, 0.2) is 24.2 Å². The number of hydrogen-bond donors (Lipinski definition) is 1. The summed E-state index contributed by atoms with van der Waals surface area (Å²) in [5.41, 5.74) is 1.18. The van der Waals surface area contributed by atoms with Crippen molar-refractivity contribution in [3.63, 3.8) is 0 Å². The number of rotatable bonds is 4. The van der Waals surface area contributed by atoms with Gasteiger partial charge in [0.05, 0.1) is 11.7 Å². The summed E-state index contributed by atoms with van der Waals surface area (Å²) in [7, 11) is -3.86. The van der Waals surface area contributed by atoms with E-state index < -0.39 is 10.1 Å². The van der Waals surface area contributed by atoms with Gasteiger partial charge < -0.3 is 0 Å². The van der Waals surface area contributed by atoms with Gasteiger partial charge in [0.25, 0.3) is 10.1 Å². The second-order valence-electron chi connectivity index (χ2n) is 4.39. The number of fused-ring (bicyclic) bond motifs is 1. The fourth-order valence-electron chi connectivity index (χ4n) is 2.10. The Labute approximate surface area is 116 Å². The second kappa shape index (κ2) is 5.36. The molecule has 18 heavy (non-hydrogen) atoms. The van der Waals surface area contributed by atoms with Crippen LogP contribution in [0.5, 0.6) is 0 Å². The molecular weight excluding hydrogens is 294 g/mol. The molecule has 100 valence electrons. The molecule has 2 atom stereocenters. The fraction of sp³-hybridized carbons (Fsp3) is 0.545. The summed E-state index contributed by atoms with van der Waals surface area (Å²) in [6.45, 7) is 2.65. The first-order valence-corrected chi connectivity index (χ1v) is 8.47. The van der Waals surface area contributed by atoms with Gasteiger partial charge in [-0.2, -0.15) is 12.4 Å². The minimum Gasteiger partial charge on any atom is -0.286 e. The van der Waals surface area contributed by atoms with Crippen molar-refractivity contribution in [1.82, 2.24) is 0 Å². The molecule has 0 aromatic rings. The average Bonchev–Trinajstić information content (AvgIpc) is 2.55. The summed E-state index contributed by atoms with van der Waals surface area (Å²) in [5.74, 6) is 0.0947. The Balaban J connectivity index is 2.00. The van der Waals surface area contributed by atoms with Gasteiger partial charge in [0, 0.05) is 18.4 Å². The first-order valence-electron chi connectivity index (χ1n) is 5.65. The number of allylic oxidation sites excluding steroid dienone is 3. The van der Waals surface area contributed by atoms with E-state index in [0.717, 1.165) is 5.03 Å². The normalized spacial score (nSPS) is 27.4. The van der Waals surface area contributed by atoms with E-state index in [0.29, 0.717) is 24.1 Å². The number of halogens is 1. The van der Waals surface area contributed by atoms with Crippen molar-refractivity contribution in [3.8, 4) is 0 Å². The standard InChI is InChI=1S/C11H14ClNO3S2/c1-8-10-7-9(12)3-4-11(10)17-13(8)5-2-6-18(14,15)16/h3-4,7,10-11H,2,5-6H2,1H3/p+1. The van der Waals surface area contributed by atoms with Gasteiger partial charge in [-0.05, 0) is 6.08 Å². The Kier molecular flexibility index (Phi) is 4.21. The van der Waals surface area contributed by atoms with Crippen LogP contribution in [0.3, 0.4) is 0 Å². The van der Waals surface area contributed by atoms with Crippen LogP contribution >= 0.6 is 23.5 Å². The molecule has 0 aromatic carbocycles. The average molecular weight is 309 g/mol. The Morgan fingerprint density at radius 2 is 2.28 bits per heavy atom. The molecule has 4 nitrogen and oxygen atoms in total. The molecule has 2 rings (SSSR count). The molecule has 1 N–H and O–H groups in total. The van der Waals surface area contributed by atoms with Crippen LogP contribution in [-0.4, -0.2) is 40.2 Å². The monoisotopic (exact) mass is 308 g/mol. The van der Waals surface area contributed by atoms with E-state index in [9.17, 15) is 8.42 Å². The smallest absolute Gasteiger partial charge is 0.265 e. The highest BCUT2D eigenvalue weighted by Crippen LogP contribution is 2.36. The molecule has 1 heterocycles. The summed E-state index contributed by atoms with van der Waals surface area (Å²) >= 11 is 7.67. The summed E-state index contributed by atoms with van der Waals surface area (Å²) in [6, 6.07) is 0. The zero-order valence-corrected chi connectivity index (χ0v) is 12.3. The van der Waals surface area contributed by atoms with Gasteiger partial charge in [0.2, 0.25) is 0 Å². The third-order valence-electron chi connectivity index (χ3n) is 3.03. The van der Waals surface area contributed by atoms with E-state index in [1.165, 1.54) is 5.71 Å². The molecule has 0 radical (unpaired) electrons. The molecule has 2 aliphatic rings. The predicted molar refractivity (Wildman–Crippen MR) is 74.8 cm³/mol. The largest absolute Gasteiger partial charge is 0.286 e. The molecule has 0 amide bonds. The maximum atomic E-state index is 10.7.